The van der Waals surface area contributed by atoms with E-state index < -0.39 is 17.8 Å². The number of hydrogen-bond acceptors (Lipinski definition) is 4. The van der Waals surface area contributed by atoms with Crippen molar-refractivity contribution < 1.29 is 23.4 Å². The summed E-state index contributed by atoms with van der Waals surface area (Å²) in [6, 6.07) is 0. The van der Waals surface area contributed by atoms with E-state index in [1.807, 2.05) is 6.92 Å². The highest BCUT2D eigenvalue weighted by Crippen LogP contribution is 2.27. The summed E-state index contributed by atoms with van der Waals surface area (Å²) in [5, 5.41) is 0. The van der Waals surface area contributed by atoms with Gasteiger partial charge in [-0.1, -0.05) is 13.5 Å². The Kier molecular flexibility index (Phi) is 3.46. The molecule has 0 amide bonds. The van der Waals surface area contributed by atoms with E-state index in [9.17, 15) is 9.18 Å². The molecule has 1 rings (SSSR count). The molecular weight excluding hydrogens is 191 g/mol. The normalized spacial score (nSPS) is 25.7. The van der Waals surface area contributed by atoms with Crippen LogP contribution in [0.5, 0.6) is 0 Å². The zero-order valence-electron chi connectivity index (χ0n) is 8.05. The Hall–Kier alpha value is -1.10. The second-order valence-corrected chi connectivity index (χ2v) is 3.11. The van der Waals surface area contributed by atoms with E-state index in [1.54, 1.807) is 0 Å². The molecule has 0 bridgehead atoms. The van der Waals surface area contributed by atoms with Crippen LogP contribution in [-0.2, 0) is 14.2 Å². The molecular formula is C9H13FO4. The molecule has 1 atom stereocenters. The number of ether oxygens (including phenoxy) is 3. The average Bonchev–Trinajstić information content (AvgIpc) is 2.46. The molecule has 1 unspecified atom stereocenters. The van der Waals surface area contributed by atoms with Crippen LogP contribution >= 0.6 is 0 Å². The number of cyclic esters (lactones) is 2. The molecule has 4 nitrogen and oxygen atoms in total. The summed E-state index contributed by atoms with van der Waals surface area (Å²) in [4.78, 5) is 10.7. The van der Waals surface area contributed by atoms with Crippen LogP contribution in [0.15, 0.2) is 12.4 Å². The highest BCUT2D eigenvalue weighted by Gasteiger charge is 2.43. The second kappa shape index (κ2) is 4.41. The highest BCUT2D eigenvalue weighted by atomic mass is 19.1. The van der Waals surface area contributed by atoms with Crippen molar-refractivity contribution in [1.82, 2.24) is 0 Å². The Labute approximate surface area is 81.6 Å². The van der Waals surface area contributed by atoms with E-state index >= 15 is 0 Å². The fraction of sp³-hybridized carbons (Fsp3) is 0.667. The Morgan fingerprint density at radius 1 is 1.79 bits per heavy atom. The lowest BCUT2D eigenvalue weighted by Crippen LogP contribution is -2.35. The zero-order valence-corrected chi connectivity index (χ0v) is 8.05. The predicted molar refractivity (Wildman–Crippen MR) is 46.3 cm³/mol. The molecule has 0 saturated carbocycles. The van der Waals surface area contributed by atoms with Crippen LogP contribution in [0.25, 0.3) is 0 Å². The molecule has 80 valence electrons. The maximum atomic E-state index is 12.4. The lowest BCUT2D eigenvalue weighted by atomic mass is 10.1. The summed E-state index contributed by atoms with van der Waals surface area (Å²) >= 11 is 0. The second-order valence-electron chi connectivity index (χ2n) is 3.11. The monoisotopic (exact) mass is 204 g/mol. The van der Waals surface area contributed by atoms with Gasteiger partial charge in [-0.25, -0.2) is 9.18 Å². The van der Waals surface area contributed by atoms with Crippen molar-refractivity contribution in [3.63, 3.8) is 0 Å². The molecule has 1 fully saturated rings. The summed E-state index contributed by atoms with van der Waals surface area (Å²) in [6.07, 6.45) is 0.449. The fourth-order valence-electron chi connectivity index (χ4n) is 1.24. The van der Waals surface area contributed by atoms with Crippen LogP contribution in [0.3, 0.4) is 0 Å². The molecule has 0 spiro atoms. The Bertz CT molecular complexity index is 241. The average molecular weight is 204 g/mol. The van der Waals surface area contributed by atoms with Gasteiger partial charge in [0.1, 0.15) is 12.4 Å². The van der Waals surface area contributed by atoms with Crippen molar-refractivity contribution in [2.24, 2.45) is 0 Å². The van der Waals surface area contributed by atoms with Gasteiger partial charge in [-0.05, 0) is 6.42 Å². The quantitative estimate of drug-likeness (QED) is 0.643. The SMILES string of the molecule is C=C(F)COC1(CCC)COC(=O)O1. The van der Waals surface area contributed by atoms with Gasteiger partial charge in [0.2, 0.25) is 0 Å². The molecule has 1 aliphatic rings. The molecule has 14 heavy (non-hydrogen) atoms. The lowest BCUT2D eigenvalue weighted by Gasteiger charge is -2.23. The third-order valence-corrected chi connectivity index (χ3v) is 1.80. The van der Waals surface area contributed by atoms with E-state index in [0.29, 0.717) is 6.42 Å². The van der Waals surface area contributed by atoms with E-state index in [0.717, 1.165) is 6.42 Å². The number of carbonyl (C=O) groups excluding carboxylic acids is 1. The summed E-state index contributed by atoms with van der Waals surface area (Å²) in [7, 11) is 0. The van der Waals surface area contributed by atoms with Crippen molar-refractivity contribution >= 4 is 6.16 Å². The number of rotatable bonds is 5. The first kappa shape index (κ1) is 11.0. The van der Waals surface area contributed by atoms with Crippen LogP contribution in [0.2, 0.25) is 0 Å². The first-order valence-electron chi connectivity index (χ1n) is 4.41. The molecule has 0 aromatic carbocycles. The Morgan fingerprint density at radius 2 is 2.50 bits per heavy atom. The van der Waals surface area contributed by atoms with Gasteiger partial charge >= 0.3 is 6.16 Å². The van der Waals surface area contributed by atoms with Gasteiger partial charge in [-0.2, -0.15) is 0 Å². The summed E-state index contributed by atoms with van der Waals surface area (Å²) in [5.41, 5.74) is 0. The largest absolute Gasteiger partial charge is 0.511 e. The molecule has 0 N–H and O–H groups in total. The predicted octanol–water partition coefficient (Wildman–Crippen LogP) is 2.15. The number of hydrogen-bond donors (Lipinski definition) is 0. The van der Waals surface area contributed by atoms with Gasteiger partial charge in [0, 0.05) is 6.42 Å². The van der Waals surface area contributed by atoms with E-state index in [-0.39, 0.29) is 13.2 Å². The fourth-order valence-corrected chi connectivity index (χ4v) is 1.24. The lowest BCUT2D eigenvalue weighted by molar-refractivity contribution is -0.180. The third-order valence-electron chi connectivity index (χ3n) is 1.80. The van der Waals surface area contributed by atoms with Crippen LogP contribution < -0.4 is 0 Å². The van der Waals surface area contributed by atoms with Crippen molar-refractivity contribution in [3.05, 3.63) is 12.4 Å². The minimum atomic E-state index is -1.12. The van der Waals surface area contributed by atoms with Crippen LogP contribution in [-0.4, -0.2) is 25.2 Å². The minimum absolute atomic E-state index is 0.00690. The number of carbonyl (C=O) groups is 1. The van der Waals surface area contributed by atoms with Gasteiger partial charge in [0.05, 0.1) is 0 Å². The summed E-state index contributed by atoms with van der Waals surface area (Å²) in [5.74, 6) is -1.73. The van der Waals surface area contributed by atoms with Crippen molar-refractivity contribution in [2.45, 2.75) is 25.6 Å². The van der Waals surface area contributed by atoms with Gasteiger partial charge < -0.3 is 14.2 Å². The number of halogens is 1. The van der Waals surface area contributed by atoms with Crippen LogP contribution in [0, 0.1) is 0 Å². The Morgan fingerprint density at radius 3 is 2.93 bits per heavy atom. The van der Waals surface area contributed by atoms with Crippen molar-refractivity contribution in [1.29, 1.82) is 0 Å². The molecule has 1 heterocycles. The van der Waals surface area contributed by atoms with Crippen molar-refractivity contribution in [3.8, 4) is 0 Å². The van der Waals surface area contributed by atoms with E-state index in [1.165, 1.54) is 0 Å². The van der Waals surface area contributed by atoms with Gasteiger partial charge in [-0.15, -0.1) is 0 Å². The van der Waals surface area contributed by atoms with Crippen molar-refractivity contribution in [2.75, 3.05) is 13.2 Å². The van der Waals surface area contributed by atoms with Crippen LogP contribution in [0.4, 0.5) is 9.18 Å². The van der Waals surface area contributed by atoms with Gasteiger partial charge in [0.15, 0.2) is 6.61 Å². The topological polar surface area (TPSA) is 44.8 Å². The minimum Gasteiger partial charge on any atom is -0.427 e. The van der Waals surface area contributed by atoms with E-state index in [2.05, 4.69) is 11.3 Å². The maximum absolute atomic E-state index is 12.4. The molecule has 0 aliphatic carbocycles. The molecule has 1 aliphatic heterocycles. The van der Waals surface area contributed by atoms with Crippen LogP contribution in [0.1, 0.15) is 19.8 Å². The standard InChI is InChI=1S/C9H13FO4/c1-3-4-9(13-5-7(2)10)6-12-8(11)14-9/h2-6H2,1H3. The third kappa shape index (κ3) is 2.70. The smallest absolute Gasteiger partial charge is 0.427 e. The van der Waals surface area contributed by atoms with E-state index in [4.69, 9.17) is 9.47 Å². The molecule has 1 saturated heterocycles. The zero-order chi connectivity index (χ0) is 10.6. The molecule has 0 aromatic rings. The first-order valence-corrected chi connectivity index (χ1v) is 4.41. The molecule has 0 radical (unpaired) electrons. The molecule has 0 aromatic heterocycles. The summed E-state index contributed by atoms with van der Waals surface area (Å²) < 4.78 is 26.9. The van der Waals surface area contributed by atoms with Gasteiger partial charge in [-0.3, -0.25) is 0 Å². The first-order chi connectivity index (χ1) is 6.58. The molecule has 5 heteroatoms. The maximum Gasteiger partial charge on any atom is 0.511 e. The highest BCUT2D eigenvalue weighted by molar-refractivity contribution is 5.62. The Balaban J connectivity index is 2.53. The van der Waals surface area contributed by atoms with Gasteiger partial charge in [0.25, 0.3) is 5.79 Å². The summed E-state index contributed by atoms with van der Waals surface area (Å²) in [6.45, 7) is 4.68.